The number of hydrogen-bond donors (Lipinski definition) is 1. The third-order valence-corrected chi connectivity index (χ3v) is 12.7. The number of allylic oxidation sites excluding steroid dienone is 2. The highest BCUT2D eigenvalue weighted by Crippen LogP contribution is 2.75. The van der Waals surface area contributed by atoms with Gasteiger partial charge in [-0.1, -0.05) is 67.0 Å². The van der Waals surface area contributed by atoms with Crippen LogP contribution in [0.2, 0.25) is 0 Å². The van der Waals surface area contributed by atoms with E-state index in [1.807, 2.05) is 0 Å². The van der Waals surface area contributed by atoms with Crippen molar-refractivity contribution in [2.24, 2.45) is 50.2 Å². The van der Waals surface area contributed by atoms with E-state index in [9.17, 15) is 9.90 Å². The highest BCUT2D eigenvalue weighted by atomic mass is 16.3. The molecule has 5 aliphatic carbocycles. The molecule has 0 aromatic carbocycles. The molecule has 1 N–H and O–H groups in total. The quantitative estimate of drug-likeness (QED) is 0.400. The lowest BCUT2D eigenvalue weighted by Crippen LogP contribution is -2.67. The molecule has 4 saturated carbocycles. The molecule has 8 atom stereocenters. The zero-order chi connectivity index (χ0) is 23.5. The van der Waals surface area contributed by atoms with Gasteiger partial charge in [-0.3, -0.25) is 4.79 Å². The van der Waals surface area contributed by atoms with Crippen molar-refractivity contribution in [3.05, 3.63) is 11.6 Å². The minimum atomic E-state index is -0.362. The number of rotatable bonds is 0. The van der Waals surface area contributed by atoms with Crippen LogP contribution in [0.3, 0.4) is 0 Å². The lowest BCUT2D eigenvalue weighted by atomic mass is 9.33. The Hall–Kier alpha value is -0.630. The van der Waals surface area contributed by atoms with E-state index in [0.717, 1.165) is 19.3 Å². The van der Waals surface area contributed by atoms with Gasteiger partial charge in [0.25, 0.3) is 0 Å². The Balaban J connectivity index is 1.61. The minimum Gasteiger partial charge on any atom is -0.393 e. The first-order valence-corrected chi connectivity index (χ1v) is 13.5. The van der Waals surface area contributed by atoms with Crippen LogP contribution in [-0.4, -0.2) is 17.0 Å². The molecule has 2 heteroatoms. The zero-order valence-corrected chi connectivity index (χ0v) is 22.1. The second kappa shape index (κ2) is 6.52. The molecule has 0 saturated heterocycles. The van der Waals surface area contributed by atoms with Crippen LogP contribution in [0.15, 0.2) is 11.6 Å². The Morgan fingerprint density at radius 3 is 2.25 bits per heavy atom. The molecule has 0 aromatic rings. The number of ketones is 1. The van der Waals surface area contributed by atoms with Gasteiger partial charge in [0, 0.05) is 17.8 Å². The van der Waals surface area contributed by atoms with Gasteiger partial charge in [0.05, 0.1) is 6.10 Å². The third kappa shape index (κ3) is 2.71. The molecule has 5 rings (SSSR count). The molecule has 1 unspecified atom stereocenters. The highest BCUT2D eigenvalue weighted by Gasteiger charge is 2.70. The van der Waals surface area contributed by atoms with Crippen molar-refractivity contribution in [1.29, 1.82) is 0 Å². The van der Waals surface area contributed by atoms with Gasteiger partial charge in [0.1, 0.15) is 5.78 Å². The van der Waals surface area contributed by atoms with Crippen molar-refractivity contribution in [1.82, 2.24) is 0 Å². The van der Waals surface area contributed by atoms with Gasteiger partial charge in [0.2, 0.25) is 0 Å². The summed E-state index contributed by atoms with van der Waals surface area (Å²) < 4.78 is 0. The van der Waals surface area contributed by atoms with Crippen LogP contribution in [0.1, 0.15) is 113 Å². The second-order valence-corrected chi connectivity index (χ2v) is 15.2. The molecule has 0 spiro atoms. The van der Waals surface area contributed by atoms with Crippen LogP contribution in [0.4, 0.5) is 0 Å². The van der Waals surface area contributed by atoms with Gasteiger partial charge >= 0.3 is 0 Å². The maximum Gasteiger partial charge on any atom is 0.137 e. The second-order valence-electron chi connectivity index (χ2n) is 15.2. The Kier molecular flexibility index (Phi) is 4.71. The molecular formula is C30H48O2. The Labute approximate surface area is 197 Å². The van der Waals surface area contributed by atoms with Gasteiger partial charge in [-0.15, -0.1) is 0 Å². The van der Waals surface area contributed by atoms with Crippen molar-refractivity contribution >= 4 is 5.78 Å². The average Bonchev–Trinajstić information content (AvgIpc) is 2.67. The monoisotopic (exact) mass is 440 g/mol. The summed E-state index contributed by atoms with van der Waals surface area (Å²) in [5.41, 5.74) is 2.40. The van der Waals surface area contributed by atoms with E-state index in [0.29, 0.717) is 34.9 Å². The van der Waals surface area contributed by atoms with E-state index in [1.54, 1.807) is 5.57 Å². The van der Waals surface area contributed by atoms with Crippen molar-refractivity contribution in [3.8, 4) is 0 Å². The molecule has 180 valence electrons. The Morgan fingerprint density at radius 2 is 1.56 bits per heavy atom. The Morgan fingerprint density at radius 1 is 0.906 bits per heavy atom. The molecule has 0 bridgehead atoms. The van der Waals surface area contributed by atoms with Gasteiger partial charge in [-0.25, -0.2) is 0 Å². The number of aliphatic hydroxyl groups is 1. The van der Waals surface area contributed by atoms with Crippen molar-refractivity contribution in [2.45, 2.75) is 119 Å². The largest absolute Gasteiger partial charge is 0.393 e. The highest BCUT2D eigenvalue weighted by molar-refractivity contribution is 5.85. The topological polar surface area (TPSA) is 37.3 Å². The molecule has 0 amide bonds. The summed E-state index contributed by atoms with van der Waals surface area (Å²) in [5, 5.41) is 10.8. The number of carbonyl (C=O) groups is 1. The maximum absolute atomic E-state index is 14.0. The van der Waals surface area contributed by atoms with Gasteiger partial charge in [-0.2, -0.15) is 0 Å². The fourth-order valence-electron chi connectivity index (χ4n) is 10.4. The van der Waals surface area contributed by atoms with E-state index in [1.165, 1.54) is 32.1 Å². The summed E-state index contributed by atoms with van der Waals surface area (Å²) in [6, 6.07) is 0. The molecule has 32 heavy (non-hydrogen) atoms. The fourth-order valence-corrected chi connectivity index (χ4v) is 10.4. The molecule has 2 nitrogen and oxygen atoms in total. The van der Waals surface area contributed by atoms with Crippen molar-refractivity contribution in [2.75, 3.05) is 0 Å². The number of hydrogen-bond acceptors (Lipinski definition) is 2. The number of fused-ring (bicyclic) bond motifs is 7. The van der Waals surface area contributed by atoms with Gasteiger partial charge in [-0.05, 0) is 90.3 Å². The van der Waals surface area contributed by atoms with Crippen LogP contribution in [-0.2, 0) is 4.79 Å². The standard InChI is InChI=1S/C30H48O2/c1-25(2)13-14-27(5)15-16-29(7)19(20(27)17-25)9-10-22-28(6)12-11-23(32)26(3,4)24(28)21(31)18-30(22,29)8/h9,20,22-24,32H,10-18H2,1-8H3/t20-,22-,23+,24?,27-,28-,29-,30-/m1/s1. The van der Waals surface area contributed by atoms with E-state index in [4.69, 9.17) is 0 Å². The first-order chi connectivity index (χ1) is 14.6. The SMILES string of the molecule is CC1(C)CC[C@]2(C)CC[C@]3(C)C(=CC[C@@H]4[C@@]5(C)CC[C@H](O)C(C)(C)C5C(=O)C[C@]43C)[C@H]2C1. The lowest BCUT2D eigenvalue weighted by Gasteiger charge is -2.70. The average molecular weight is 441 g/mol. The predicted molar refractivity (Wildman–Crippen MR) is 131 cm³/mol. The van der Waals surface area contributed by atoms with Crippen LogP contribution in [0, 0.1) is 50.2 Å². The first-order valence-electron chi connectivity index (χ1n) is 13.5. The summed E-state index contributed by atoms with van der Waals surface area (Å²) in [4.78, 5) is 14.0. The molecule has 0 radical (unpaired) electrons. The lowest BCUT2D eigenvalue weighted by molar-refractivity contribution is -0.201. The normalized spacial score (nSPS) is 53.9. The summed E-state index contributed by atoms with van der Waals surface area (Å²) in [6.45, 7) is 19.3. The maximum atomic E-state index is 14.0. The molecule has 0 aliphatic heterocycles. The molecular weight excluding hydrogens is 392 g/mol. The zero-order valence-electron chi connectivity index (χ0n) is 22.1. The van der Waals surface area contributed by atoms with Gasteiger partial charge in [0.15, 0.2) is 0 Å². The van der Waals surface area contributed by atoms with Gasteiger partial charge < -0.3 is 5.11 Å². The first kappa shape index (κ1) is 23.1. The summed E-state index contributed by atoms with van der Waals surface area (Å²) in [7, 11) is 0. The van der Waals surface area contributed by atoms with E-state index >= 15 is 0 Å². The van der Waals surface area contributed by atoms with E-state index < -0.39 is 0 Å². The number of carbonyl (C=O) groups excluding carboxylic acids is 1. The molecule has 4 fully saturated rings. The number of Topliss-reactive ketones (excluding diaryl/α,β-unsaturated/α-hetero) is 1. The summed E-state index contributed by atoms with van der Waals surface area (Å²) >= 11 is 0. The van der Waals surface area contributed by atoms with Crippen LogP contribution in [0.25, 0.3) is 0 Å². The van der Waals surface area contributed by atoms with Crippen molar-refractivity contribution in [3.63, 3.8) is 0 Å². The van der Waals surface area contributed by atoms with Crippen LogP contribution in [0.5, 0.6) is 0 Å². The molecule has 0 aromatic heterocycles. The van der Waals surface area contributed by atoms with E-state index in [-0.39, 0.29) is 33.7 Å². The van der Waals surface area contributed by atoms with Crippen LogP contribution < -0.4 is 0 Å². The van der Waals surface area contributed by atoms with Crippen LogP contribution >= 0.6 is 0 Å². The van der Waals surface area contributed by atoms with Crippen molar-refractivity contribution < 1.29 is 9.90 Å². The summed E-state index contributed by atoms with van der Waals surface area (Å²) in [6.07, 6.45) is 12.5. The smallest absolute Gasteiger partial charge is 0.137 e. The fraction of sp³-hybridized carbons (Fsp3) is 0.900. The molecule has 0 heterocycles. The molecule has 5 aliphatic rings. The minimum absolute atomic E-state index is 0.00948. The Bertz CT molecular complexity index is 866. The summed E-state index contributed by atoms with van der Waals surface area (Å²) in [5.74, 6) is 1.62. The third-order valence-electron chi connectivity index (χ3n) is 12.7. The predicted octanol–water partition coefficient (Wildman–Crippen LogP) is 7.35. The number of aliphatic hydroxyl groups excluding tert-OH is 1. The van der Waals surface area contributed by atoms with E-state index in [2.05, 4.69) is 61.5 Å².